The summed E-state index contributed by atoms with van der Waals surface area (Å²) >= 11 is 0. The van der Waals surface area contributed by atoms with Crippen LogP contribution in [0.25, 0.3) is 0 Å². The van der Waals surface area contributed by atoms with E-state index in [4.69, 9.17) is 5.11 Å². The molecule has 4 nitrogen and oxygen atoms in total. The molecule has 0 saturated heterocycles. The molecule has 0 bridgehead atoms. The molecular formula is C14H23N3O. The second kappa shape index (κ2) is 6.69. The summed E-state index contributed by atoms with van der Waals surface area (Å²) in [5.74, 6) is 1.51. The van der Waals surface area contributed by atoms with E-state index in [-0.39, 0.29) is 6.61 Å². The van der Waals surface area contributed by atoms with Crippen LogP contribution in [-0.4, -0.2) is 35.5 Å². The summed E-state index contributed by atoms with van der Waals surface area (Å²) in [5, 5.41) is 17.5. The molecule has 1 aliphatic rings. The molecule has 4 heteroatoms. The smallest absolute Gasteiger partial charge is 0.150 e. The summed E-state index contributed by atoms with van der Waals surface area (Å²) in [5.41, 5.74) is 1.15. The summed E-state index contributed by atoms with van der Waals surface area (Å²) in [6, 6.07) is 4.17. The predicted molar refractivity (Wildman–Crippen MR) is 72.8 cm³/mol. The molecule has 1 saturated carbocycles. The van der Waals surface area contributed by atoms with Gasteiger partial charge in [0.1, 0.15) is 0 Å². The Hall–Kier alpha value is -1.16. The average Bonchev–Trinajstić information content (AvgIpc) is 2.46. The third-order valence-corrected chi connectivity index (χ3v) is 3.74. The van der Waals surface area contributed by atoms with Crippen molar-refractivity contribution in [1.82, 2.24) is 10.2 Å². The Morgan fingerprint density at radius 1 is 1.22 bits per heavy atom. The van der Waals surface area contributed by atoms with Crippen molar-refractivity contribution >= 4 is 5.82 Å². The van der Waals surface area contributed by atoms with Gasteiger partial charge in [0, 0.05) is 26.1 Å². The molecule has 1 aliphatic carbocycles. The Bertz CT molecular complexity index is 347. The minimum Gasteiger partial charge on any atom is -0.396 e. The largest absolute Gasteiger partial charge is 0.396 e. The maximum absolute atomic E-state index is 8.81. The van der Waals surface area contributed by atoms with Gasteiger partial charge in [0.2, 0.25) is 0 Å². The molecule has 0 atom stereocenters. The standard InChI is InChI=1S/C14H23N3O/c1-17(10-5-11-18)14-9-8-13(15-16-14)12-6-3-2-4-7-12/h8-9,12,18H,2-7,10-11H2,1H3. The predicted octanol–water partition coefficient (Wildman–Crippen LogP) is 2.34. The first kappa shape index (κ1) is 13.3. The van der Waals surface area contributed by atoms with Crippen LogP contribution in [0.15, 0.2) is 12.1 Å². The van der Waals surface area contributed by atoms with Crippen molar-refractivity contribution < 1.29 is 5.11 Å². The highest BCUT2D eigenvalue weighted by Gasteiger charge is 2.17. The summed E-state index contributed by atoms with van der Waals surface area (Å²) in [7, 11) is 1.99. The third kappa shape index (κ3) is 3.42. The van der Waals surface area contributed by atoms with Crippen LogP contribution < -0.4 is 4.90 Å². The monoisotopic (exact) mass is 249 g/mol. The molecule has 0 radical (unpaired) electrons. The van der Waals surface area contributed by atoms with Crippen LogP contribution in [0.1, 0.15) is 50.1 Å². The molecular weight excluding hydrogens is 226 g/mol. The lowest BCUT2D eigenvalue weighted by Gasteiger charge is -2.21. The highest BCUT2D eigenvalue weighted by Crippen LogP contribution is 2.31. The Morgan fingerprint density at radius 3 is 2.61 bits per heavy atom. The van der Waals surface area contributed by atoms with E-state index in [9.17, 15) is 0 Å². The molecule has 100 valence electrons. The second-order valence-electron chi connectivity index (χ2n) is 5.15. The van der Waals surface area contributed by atoms with Gasteiger partial charge < -0.3 is 10.0 Å². The summed E-state index contributed by atoms with van der Waals surface area (Å²) < 4.78 is 0. The zero-order valence-corrected chi connectivity index (χ0v) is 11.2. The number of aliphatic hydroxyl groups excluding tert-OH is 1. The van der Waals surface area contributed by atoms with Crippen molar-refractivity contribution in [2.75, 3.05) is 25.1 Å². The van der Waals surface area contributed by atoms with Crippen LogP contribution in [0.5, 0.6) is 0 Å². The van der Waals surface area contributed by atoms with Gasteiger partial charge in [-0.15, -0.1) is 5.10 Å². The fraction of sp³-hybridized carbons (Fsp3) is 0.714. The van der Waals surface area contributed by atoms with E-state index in [2.05, 4.69) is 16.3 Å². The van der Waals surface area contributed by atoms with Gasteiger partial charge in [0.15, 0.2) is 5.82 Å². The third-order valence-electron chi connectivity index (χ3n) is 3.74. The lowest BCUT2D eigenvalue weighted by atomic mass is 9.87. The van der Waals surface area contributed by atoms with Crippen LogP contribution in [0.4, 0.5) is 5.82 Å². The summed E-state index contributed by atoms with van der Waals surface area (Å²) in [6.45, 7) is 1.03. The van der Waals surface area contributed by atoms with E-state index in [1.54, 1.807) is 0 Å². The number of hydrogen-bond donors (Lipinski definition) is 1. The summed E-state index contributed by atoms with van der Waals surface area (Å²) in [4.78, 5) is 2.04. The SMILES string of the molecule is CN(CCCO)c1ccc(C2CCCCC2)nn1. The van der Waals surface area contributed by atoms with Gasteiger partial charge in [-0.05, 0) is 31.4 Å². The van der Waals surface area contributed by atoms with Gasteiger partial charge in [-0.25, -0.2) is 0 Å². The highest BCUT2D eigenvalue weighted by molar-refractivity contribution is 5.36. The van der Waals surface area contributed by atoms with Crippen LogP contribution in [-0.2, 0) is 0 Å². The van der Waals surface area contributed by atoms with E-state index in [0.29, 0.717) is 5.92 Å². The van der Waals surface area contributed by atoms with Crippen LogP contribution >= 0.6 is 0 Å². The van der Waals surface area contributed by atoms with Crippen molar-refractivity contribution in [2.45, 2.75) is 44.4 Å². The first-order valence-electron chi connectivity index (χ1n) is 6.97. The normalized spacial score (nSPS) is 16.8. The highest BCUT2D eigenvalue weighted by atomic mass is 16.3. The van der Waals surface area contributed by atoms with Gasteiger partial charge >= 0.3 is 0 Å². The van der Waals surface area contributed by atoms with Gasteiger partial charge in [-0.3, -0.25) is 0 Å². The summed E-state index contributed by atoms with van der Waals surface area (Å²) in [6.07, 6.45) is 7.30. The van der Waals surface area contributed by atoms with Crippen molar-refractivity contribution in [3.8, 4) is 0 Å². The van der Waals surface area contributed by atoms with Gasteiger partial charge in [0.25, 0.3) is 0 Å². The Balaban J connectivity index is 1.95. The molecule has 0 amide bonds. The Labute approximate surface area is 109 Å². The molecule has 18 heavy (non-hydrogen) atoms. The zero-order chi connectivity index (χ0) is 12.8. The first-order chi connectivity index (χ1) is 8.81. The number of anilines is 1. The van der Waals surface area contributed by atoms with Gasteiger partial charge in [-0.2, -0.15) is 5.10 Å². The molecule has 1 heterocycles. The van der Waals surface area contributed by atoms with Crippen molar-refractivity contribution in [3.63, 3.8) is 0 Å². The molecule has 0 aliphatic heterocycles. The minimum absolute atomic E-state index is 0.220. The van der Waals surface area contributed by atoms with Crippen molar-refractivity contribution in [1.29, 1.82) is 0 Å². The van der Waals surface area contributed by atoms with E-state index in [0.717, 1.165) is 24.5 Å². The Kier molecular flexibility index (Phi) is 4.93. The number of aromatic nitrogens is 2. The first-order valence-corrected chi connectivity index (χ1v) is 6.97. The number of rotatable bonds is 5. The maximum atomic E-state index is 8.81. The molecule has 0 aromatic carbocycles. The lowest BCUT2D eigenvalue weighted by molar-refractivity contribution is 0.290. The quantitative estimate of drug-likeness (QED) is 0.870. The zero-order valence-electron chi connectivity index (χ0n) is 11.2. The van der Waals surface area contributed by atoms with Crippen molar-refractivity contribution in [2.24, 2.45) is 0 Å². The van der Waals surface area contributed by atoms with Crippen LogP contribution in [0.3, 0.4) is 0 Å². The molecule has 0 unspecified atom stereocenters. The topological polar surface area (TPSA) is 49.2 Å². The fourth-order valence-corrected chi connectivity index (χ4v) is 2.58. The Morgan fingerprint density at radius 2 is 2.00 bits per heavy atom. The molecule has 0 spiro atoms. The molecule has 1 N–H and O–H groups in total. The average molecular weight is 249 g/mol. The van der Waals surface area contributed by atoms with E-state index < -0.39 is 0 Å². The number of nitrogens with zero attached hydrogens (tertiary/aromatic N) is 3. The minimum atomic E-state index is 0.220. The molecule has 1 fully saturated rings. The van der Waals surface area contributed by atoms with Gasteiger partial charge in [-0.1, -0.05) is 19.3 Å². The van der Waals surface area contributed by atoms with Crippen LogP contribution in [0.2, 0.25) is 0 Å². The van der Waals surface area contributed by atoms with Crippen LogP contribution in [0, 0.1) is 0 Å². The number of hydrogen-bond acceptors (Lipinski definition) is 4. The van der Waals surface area contributed by atoms with E-state index >= 15 is 0 Å². The molecule has 2 rings (SSSR count). The fourth-order valence-electron chi connectivity index (χ4n) is 2.58. The van der Waals surface area contributed by atoms with Crippen molar-refractivity contribution in [3.05, 3.63) is 17.8 Å². The van der Waals surface area contributed by atoms with E-state index in [1.807, 2.05) is 18.0 Å². The van der Waals surface area contributed by atoms with Gasteiger partial charge in [0.05, 0.1) is 5.69 Å². The molecule has 1 aromatic heterocycles. The number of aliphatic hydroxyl groups is 1. The van der Waals surface area contributed by atoms with E-state index in [1.165, 1.54) is 32.1 Å². The lowest BCUT2D eigenvalue weighted by Crippen LogP contribution is -2.21. The maximum Gasteiger partial charge on any atom is 0.150 e. The second-order valence-corrected chi connectivity index (χ2v) is 5.15. The molecule has 1 aromatic rings.